The van der Waals surface area contributed by atoms with Crippen molar-refractivity contribution >= 4 is 23.1 Å². The van der Waals surface area contributed by atoms with E-state index in [0.717, 1.165) is 48.7 Å². The van der Waals surface area contributed by atoms with E-state index in [1.807, 2.05) is 45.0 Å². The van der Waals surface area contributed by atoms with E-state index >= 15 is 0 Å². The fourth-order valence-corrected chi connectivity index (χ4v) is 3.29. The second kappa shape index (κ2) is 8.50. The highest BCUT2D eigenvalue weighted by atomic mass is 16.6. The van der Waals surface area contributed by atoms with Crippen LogP contribution in [-0.2, 0) is 11.2 Å². The molecule has 0 saturated carbocycles. The largest absolute Gasteiger partial charge is 0.444 e. The highest BCUT2D eigenvalue weighted by Crippen LogP contribution is 2.13. The maximum atomic E-state index is 12.0. The Bertz CT molecular complexity index is 806. The van der Waals surface area contributed by atoms with Gasteiger partial charge in [0, 0.05) is 33.1 Å². The normalized spacial score (nSPS) is 17.8. The van der Waals surface area contributed by atoms with Crippen LogP contribution in [0.4, 0.5) is 4.79 Å². The summed E-state index contributed by atoms with van der Waals surface area (Å²) in [5, 5.41) is 6.33. The third-order valence-corrected chi connectivity index (χ3v) is 4.50. The van der Waals surface area contributed by atoms with Gasteiger partial charge in [-0.25, -0.2) is 9.78 Å². The molecule has 2 aromatic rings. The maximum absolute atomic E-state index is 12.0. The first-order valence-corrected chi connectivity index (χ1v) is 9.73. The summed E-state index contributed by atoms with van der Waals surface area (Å²) >= 11 is 0. The van der Waals surface area contributed by atoms with Gasteiger partial charge in [0.2, 0.25) is 0 Å². The average molecular weight is 387 g/mol. The van der Waals surface area contributed by atoms with E-state index in [0.29, 0.717) is 6.54 Å². The van der Waals surface area contributed by atoms with Gasteiger partial charge in [-0.2, -0.15) is 0 Å². The molecule has 1 amide bonds. The van der Waals surface area contributed by atoms with Crippen LogP contribution in [0.2, 0.25) is 0 Å². The first kappa shape index (κ1) is 20.0. The third-order valence-electron chi connectivity index (χ3n) is 4.50. The standard InChI is InChI=1S/C20H30N6O2/c1-20(2,3)28-19(27)23-14-10-12-26(13-14)18(21-4)22-11-9-17-24-15-7-5-6-8-16(15)25-17/h5-8,14H,9-13H2,1-4H3,(H,21,22)(H,23,27)(H,24,25). The molecule has 3 rings (SSSR count). The number of amides is 1. The molecule has 28 heavy (non-hydrogen) atoms. The number of aliphatic imine (C=N–C) groups is 1. The average Bonchev–Trinajstić information content (AvgIpc) is 3.23. The molecule has 0 aliphatic carbocycles. The number of hydrogen-bond donors (Lipinski definition) is 3. The van der Waals surface area contributed by atoms with Crippen LogP contribution >= 0.6 is 0 Å². The lowest BCUT2D eigenvalue weighted by Gasteiger charge is -2.23. The number of para-hydroxylation sites is 2. The Hall–Kier alpha value is -2.77. The minimum absolute atomic E-state index is 0.0590. The van der Waals surface area contributed by atoms with Crippen LogP contribution in [0.15, 0.2) is 29.3 Å². The number of nitrogens with one attached hydrogen (secondary N) is 3. The van der Waals surface area contributed by atoms with Gasteiger partial charge in [0.15, 0.2) is 5.96 Å². The minimum Gasteiger partial charge on any atom is -0.444 e. The van der Waals surface area contributed by atoms with E-state index < -0.39 is 5.60 Å². The number of rotatable bonds is 4. The van der Waals surface area contributed by atoms with Gasteiger partial charge in [-0.1, -0.05) is 12.1 Å². The number of fused-ring (bicyclic) bond motifs is 1. The number of alkyl carbamates (subject to hydrolysis) is 1. The zero-order chi connectivity index (χ0) is 20.1. The predicted molar refractivity (Wildman–Crippen MR) is 111 cm³/mol. The number of guanidine groups is 1. The van der Waals surface area contributed by atoms with Crippen molar-refractivity contribution in [2.75, 3.05) is 26.7 Å². The van der Waals surface area contributed by atoms with Crippen molar-refractivity contribution in [2.45, 2.75) is 45.3 Å². The summed E-state index contributed by atoms with van der Waals surface area (Å²) in [6, 6.07) is 8.08. The van der Waals surface area contributed by atoms with Crippen molar-refractivity contribution in [1.29, 1.82) is 0 Å². The quantitative estimate of drug-likeness (QED) is 0.554. The summed E-state index contributed by atoms with van der Waals surface area (Å²) in [6.45, 7) is 7.87. The molecule has 1 unspecified atom stereocenters. The van der Waals surface area contributed by atoms with Gasteiger partial charge in [0.1, 0.15) is 11.4 Å². The molecule has 8 nitrogen and oxygen atoms in total. The molecule has 2 heterocycles. The van der Waals surface area contributed by atoms with Gasteiger partial charge >= 0.3 is 6.09 Å². The highest BCUT2D eigenvalue weighted by molar-refractivity contribution is 5.80. The Morgan fingerprint density at radius 3 is 2.89 bits per heavy atom. The molecule has 0 radical (unpaired) electrons. The fourth-order valence-electron chi connectivity index (χ4n) is 3.29. The number of ether oxygens (including phenoxy) is 1. The van der Waals surface area contributed by atoms with Gasteiger partial charge in [0.05, 0.1) is 17.1 Å². The molecule has 1 aliphatic rings. The summed E-state index contributed by atoms with van der Waals surface area (Å²) in [6.07, 6.45) is 1.28. The molecule has 8 heteroatoms. The number of benzene rings is 1. The molecule has 152 valence electrons. The van der Waals surface area contributed by atoms with E-state index in [-0.39, 0.29) is 12.1 Å². The van der Waals surface area contributed by atoms with Gasteiger partial charge < -0.3 is 25.3 Å². The summed E-state index contributed by atoms with van der Waals surface area (Å²) in [4.78, 5) is 26.4. The van der Waals surface area contributed by atoms with Crippen molar-refractivity contribution < 1.29 is 9.53 Å². The number of carbonyl (C=O) groups excluding carboxylic acids is 1. The van der Waals surface area contributed by atoms with E-state index in [1.165, 1.54) is 0 Å². The number of carbonyl (C=O) groups is 1. The van der Waals surface area contributed by atoms with E-state index in [1.54, 1.807) is 7.05 Å². The van der Waals surface area contributed by atoms with Crippen LogP contribution in [0.3, 0.4) is 0 Å². The number of nitrogens with zero attached hydrogens (tertiary/aromatic N) is 3. The lowest BCUT2D eigenvalue weighted by atomic mass is 10.2. The molecule has 0 spiro atoms. The number of aromatic amines is 1. The van der Waals surface area contributed by atoms with Crippen LogP contribution in [0.1, 0.15) is 33.0 Å². The Balaban J connectivity index is 1.46. The molecular weight excluding hydrogens is 356 g/mol. The smallest absolute Gasteiger partial charge is 0.407 e. The van der Waals surface area contributed by atoms with Crippen LogP contribution in [0, 0.1) is 0 Å². The molecular formula is C20H30N6O2. The maximum Gasteiger partial charge on any atom is 0.407 e. The van der Waals surface area contributed by atoms with Crippen molar-refractivity contribution in [2.24, 2.45) is 4.99 Å². The topological polar surface area (TPSA) is 94.6 Å². The molecule has 1 aromatic carbocycles. The van der Waals surface area contributed by atoms with Crippen molar-refractivity contribution in [1.82, 2.24) is 25.5 Å². The Morgan fingerprint density at radius 2 is 2.18 bits per heavy atom. The van der Waals surface area contributed by atoms with Crippen molar-refractivity contribution in [3.8, 4) is 0 Å². The van der Waals surface area contributed by atoms with E-state index in [9.17, 15) is 4.79 Å². The van der Waals surface area contributed by atoms with Crippen molar-refractivity contribution in [3.05, 3.63) is 30.1 Å². The molecule has 1 fully saturated rings. The molecule has 1 aliphatic heterocycles. The van der Waals surface area contributed by atoms with Crippen LogP contribution in [0.5, 0.6) is 0 Å². The predicted octanol–water partition coefficient (Wildman–Crippen LogP) is 2.28. The summed E-state index contributed by atoms with van der Waals surface area (Å²) < 4.78 is 5.34. The van der Waals surface area contributed by atoms with Crippen LogP contribution in [-0.4, -0.2) is 65.2 Å². The number of hydrogen-bond acceptors (Lipinski definition) is 4. The lowest BCUT2D eigenvalue weighted by molar-refractivity contribution is 0.0507. The summed E-state index contributed by atoms with van der Waals surface area (Å²) in [7, 11) is 1.78. The van der Waals surface area contributed by atoms with E-state index in [2.05, 4.69) is 30.5 Å². The third kappa shape index (κ3) is 5.37. The van der Waals surface area contributed by atoms with Gasteiger partial charge in [-0.05, 0) is 39.3 Å². The number of H-pyrrole nitrogens is 1. The number of likely N-dealkylation sites (tertiary alicyclic amines) is 1. The monoisotopic (exact) mass is 386 g/mol. The number of imidazole rings is 1. The highest BCUT2D eigenvalue weighted by Gasteiger charge is 2.27. The zero-order valence-corrected chi connectivity index (χ0v) is 17.1. The van der Waals surface area contributed by atoms with Crippen LogP contribution in [0.25, 0.3) is 11.0 Å². The van der Waals surface area contributed by atoms with Crippen LogP contribution < -0.4 is 10.6 Å². The lowest BCUT2D eigenvalue weighted by Crippen LogP contribution is -2.44. The molecule has 3 N–H and O–H groups in total. The fraction of sp³-hybridized carbons (Fsp3) is 0.550. The van der Waals surface area contributed by atoms with Gasteiger partial charge in [0.25, 0.3) is 0 Å². The molecule has 1 atom stereocenters. The first-order chi connectivity index (χ1) is 13.3. The Kier molecular flexibility index (Phi) is 6.06. The first-order valence-electron chi connectivity index (χ1n) is 9.73. The second-order valence-corrected chi connectivity index (χ2v) is 8.00. The second-order valence-electron chi connectivity index (χ2n) is 8.00. The zero-order valence-electron chi connectivity index (χ0n) is 17.1. The van der Waals surface area contributed by atoms with Crippen molar-refractivity contribution in [3.63, 3.8) is 0 Å². The minimum atomic E-state index is -0.489. The molecule has 1 aromatic heterocycles. The number of aromatic nitrogens is 2. The Labute approximate surface area is 165 Å². The Morgan fingerprint density at radius 1 is 1.39 bits per heavy atom. The summed E-state index contributed by atoms with van der Waals surface area (Å²) in [5.41, 5.74) is 1.55. The SMILES string of the molecule is CN=C(NCCc1nc2ccccc2[nH]1)N1CCC(NC(=O)OC(C)(C)C)C1. The molecule has 0 bridgehead atoms. The van der Waals surface area contributed by atoms with Gasteiger partial charge in [-0.15, -0.1) is 0 Å². The van der Waals surface area contributed by atoms with Gasteiger partial charge in [-0.3, -0.25) is 4.99 Å². The summed E-state index contributed by atoms with van der Waals surface area (Å²) in [5.74, 6) is 1.79. The van der Waals surface area contributed by atoms with E-state index in [4.69, 9.17) is 4.74 Å². The molecule has 1 saturated heterocycles.